The Bertz CT molecular complexity index is 1540. The molecule has 0 saturated heterocycles. The van der Waals surface area contributed by atoms with E-state index in [1.165, 1.54) is 43.2 Å². The second-order valence-corrected chi connectivity index (χ2v) is 12.1. The normalized spacial score (nSPS) is 12.0. The van der Waals surface area contributed by atoms with Gasteiger partial charge in [-0.25, -0.2) is 8.42 Å². The van der Waals surface area contributed by atoms with Crippen LogP contribution in [0.15, 0.2) is 71.6 Å². The minimum atomic E-state index is -4.48. The van der Waals surface area contributed by atoms with Gasteiger partial charge in [0, 0.05) is 24.2 Å². The Morgan fingerprint density at radius 1 is 0.976 bits per heavy atom. The molecule has 0 aliphatic rings. The predicted octanol–water partition coefficient (Wildman–Crippen LogP) is 4.36. The number of hydrogen-bond donors (Lipinski definition) is 1. The third-order valence-corrected chi connectivity index (χ3v) is 8.45. The summed E-state index contributed by atoms with van der Waals surface area (Å²) in [5.74, 6) is -0.560. The Labute approximate surface area is 246 Å². The van der Waals surface area contributed by atoms with Gasteiger partial charge in [0.2, 0.25) is 11.8 Å². The van der Waals surface area contributed by atoms with Crippen molar-refractivity contribution in [2.24, 2.45) is 0 Å². The maximum Gasteiger partial charge on any atom is 0.273 e. The molecule has 0 spiro atoms. The first kappa shape index (κ1) is 32.1. The second-order valence-electron chi connectivity index (χ2n) is 10.3. The van der Waals surface area contributed by atoms with E-state index in [2.05, 4.69) is 5.32 Å². The molecule has 3 rings (SSSR count). The highest BCUT2D eigenvalue weighted by Gasteiger charge is 2.33. The highest BCUT2D eigenvalue weighted by Crippen LogP contribution is 2.29. The fraction of sp³-hybridized carbons (Fsp3) is 0.333. The van der Waals surface area contributed by atoms with Crippen molar-refractivity contribution in [3.8, 4) is 5.75 Å². The average molecular weight is 597 g/mol. The monoisotopic (exact) mass is 596 g/mol. The molecule has 1 N–H and O–H groups in total. The highest BCUT2D eigenvalue weighted by molar-refractivity contribution is 7.92. The predicted molar refractivity (Wildman–Crippen MR) is 160 cm³/mol. The Kier molecular flexibility index (Phi) is 10.3. The van der Waals surface area contributed by atoms with E-state index in [0.29, 0.717) is 11.3 Å². The first-order valence-electron chi connectivity index (χ1n) is 13.3. The van der Waals surface area contributed by atoms with Crippen LogP contribution in [0.4, 0.5) is 11.4 Å². The molecule has 0 bridgehead atoms. The summed E-state index contributed by atoms with van der Waals surface area (Å²) in [5.41, 5.74) is 1.84. The summed E-state index contributed by atoms with van der Waals surface area (Å²) in [6, 6.07) is 16.0. The van der Waals surface area contributed by atoms with Gasteiger partial charge in [0.05, 0.1) is 22.6 Å². The Balaban J connectivity index is 2.09. The van der Waals surface area contributed by atoms with Gasteiger partial charge in [-0.15, -0.1) is 0 Å². The van der Waals surface area contributed by atoms with Crippen molar-refractivity contribution in [3.63, 3.8) is 0 Å². The van der Waals surface area contributed by atoms with Crippen molar-refractivity contribution in [3.05, 3.63) is 93.5 Å². The largest absolute Gasteiger partial charge is 0.497 e. The van der Waals surface area contributed by atoms with Crippen molar-refractivity contribution in [2.75, 3.05) is 18.0 Å². The van der Waals surface area contributed by atoms with Crippen LogP contribution >= 0.6 is 0 Å². The molecule has 0 aliphatic heterocycles. The minimum Gasteiger partial charge on any atom is -0.497 e. The average Bonchev–Trinajstić information content (AvgIpc) is 2.94. The summed E-state index contributed by atoms with van der Waals surface area (Å²) in [6.45, 7) is 8.01. The van der Waals surface area contributed by atoms with Gasteiger partial charge in [0.15, 0.2) is 0 Å². The van der Waals surface area contributed by atoms with Gasteiger partial charge in [0.1, 0.15) is 18.3 Å². The Morgan fingerprint density at radius 3 is 2.14 bits per heavy atom. The maximum atomic E-state index is 14.0. The van der Waals surface area contributed by atoms with Crippen LogP contribution in [0.25, 0.3) is 0 Å². The molecule has 3 aromatic rings. The smallest absolute Gasteiger partial charge is 0.273 e. The maximum absolute atomic E-state index is 14.0. The van der Waals surface area contributed by atoms with E-state index in [-0.39, 0.29) is 28.9 Å². The van der Waals surface area contributed by atoms with Crippen molar-refractivity contribution < 1.29 is 27.7 Å². The first-order chi connectivity index (χ1) is 19.7. The lowest BCUT2D eigenvalue weighted by Crippen LogP contribution is -2.52. The van der Waals surface area contributed by atoms with Crippen molar-refractivity contribution in [2.45, 2.75) is 58.1 Å². The molecule has 0 unspecified atom stereocenters. The molecule has 0 fully saturated rings. The van der Waals surface area contributed by atoms with Gasteiger partial charge in [-0.2, -0.15) is 0 Å². The number of nitrogens with one attached hydrogen (secondary N) is 1. The molecule has 3 aromatic carbocycles. The van der Waals surface area contributed by atoms with Crippen LogP contribution in [-0.2, 0) is 26.2 Å². The number of nitro benzene ring substituents is 1. The molecule has 0 aromatic heterocycles. The molecule has 42 heavy (non-hydrogen) atoms. The van der Waals surface area contributed by atoms with E-state index in [1.807, 2.05) is 31.2 Å². The van der Waals surface area contributed by atoms with E-state index in [0.717, 1.165) is 21.5 Å². The zero-order chi connectivity index (χ0) is 31.2. The summed E-state index contributed by atoms with van der Waals surface area (Å²) in [5, 5.41) is 14.4. The Hall–Kier alpha value is -4.45. The van der Waals surface area contributed by atoms with Crippen LogP contribution in [0, 0.1) is 24.0 Å². The quantitative estimate of drug-likeness (QED) is 0.242. The van der Waals surface area contributed by atoms with Gasteiger partial charge in [-0.3, -0.25) is 24.0 Å². The van der Waals surface area contributed by atoms with Crippen LogP contribution in [0.3, 0.4) is 0 Å². The van der Waals surface area contributed by atoms with Crippen LogP contribution in [0.1, 0.15) is 37.5 Å². The van der Waals surface area contributed by atoms with Crippen molar-refractivity contribution in [1.82, 2.24) is 10.2 Å². The number of carbonyl (C=O) groups is 2. The number of benzene rings is 3. The summed E-state index contributed by atoms with van der Waals surface area (Å²) >= 11 is 0. The summed E-state index contributed by atoms with van der Waals surface area (Å²) in [7, 11) is -3.02. The SMILES string of the molecule is COc1ccc(N(CC(=O)N(Cc2ccc(C)cc2)[C@@H](C)C(=O)NC(C)C)S(=O)(=O)c2ccc(C)c([N+](=O)[O-])c2)cc1. The molecule has 0 aliphatic carbocycles. The number of nitrogens with zero attached hydrogens (tertiary/aromatic N) is 3. The number of nitro groups is 1. The number of anilines is 1. The van der Waals surface area contributed by atoms with Gasteiger partial charge in [-0.1, -0.05) is 35.9 Å². The zero-order valence-corrected chi connectivity index (χ0v) is 25.3. The second kappa shape index (κ2) is 13.5. The van der Waals surface area contributed by atoms with Crippen molar-refractivity contribution >= 4 is 33.2 Å². The molecule has 0 radical (unpaired) electrons. The van der Waals surface area contributed by atoms with Gasteiger partial charge < -0.3 is 15.0 Å². The van der Waals surface area contributed by atoms with E-state index < -0.39 is 39.3 Å². The number of hydrogen-bond acceptors (Lipinski definition) is 7. The van der Waals surface area contributed by atoms with Gasteiger partial charge >= 0.3 is 0 Å². The first-order valence-corrected chi connectivity index (χ1v) is 14.8. The molecule has 11 nitrogen and oxygen atoms in total. The number of methoxy groups -OCH3 is 1. The molecule has 12 heteroatoms. The standard InChI is InChI=1S/C30H36N4O7S/c1-20(2)31-30(36)23(5)32(18-24-10-7-21(3)8-11-24)29(35)19-33(25-12-14-26(41-6)15-13-25)42(39,40)27-16-9-22(4)28(17-27)34(37)38/h7-17,20,23H,18-19H2,1-6H3,(H,31,36)/t23-/m0/s1. The summed E-state index contributed by atoms with van der Waals surface area (Å²) < 4.78 is 34.1. The van der Waals surface area contributed by atoms with Crippen LogP contribution in [0.5, 0.6) is 5.75 Å². The van der Waals surface area contributed by atoms with Gasteiger partial charge in [0.25, 0.3) is 15.7 Å². The number of ether oxygens (including phenoxy) is 1. The molecule has 2 amide bonds. The molecule has 0 saturated carbocycles. The fourth-order valence-electron chi connectivity index (χ4n) is 4.23. The summed E-state index contributed by atoms with van der Waals surface area (Å²) in [6.07, 6.45) is 0. The molecule has 224 valence electrons. The fourth-order valence-corrected chi connectivity index (χ4v) is 5.66. The lowest BCUT2D eigenvalue weighted by molar-refractivity contribution is -0.385. The van der Waals surface area contributed by atoms with Crippen LogP contribution in [-0.4, -0.2) is 55.8 Å². The summed E-state index contributed by atoms with van der Waals surface area (Å²) in [4.78, 5) is 38.9. The van der Waals surface area contributed by atoms with Crippen LogP contribution < -0.4 is 14.4 Å². The zero-order valence-electron chi connectivity index (χ0n) is 24.5. The van der Waals surface area contributed by atoms with E-state index in [4.69, 9.17) is 4.74 Å². The molecular weight excluding hydrogens is 560 g/mol. The topological polar surface area (TPSA) is 139 Å². The number of amides is 2. The minimum absolute atomic E-state index is 0.0539. The number of rotatable bonds is 12. The van der Waals surface area contributed by atoms with Gasteiger partial charge in [-0.05, 0) is 70.5 Å². The third-order valence-electron chi connectivity index (χ3n) is 6.68. The Morgan fingerprint density at radius 2 is 1.60 bits per heavy atom. The third kappa shape index (κ3) is 7.64. The van der Waals surface area contributed by atoms with Crippen molar-refractivity contribution in [1.29, 1.82) is 0 Å². The number of sulfonamides is 1. The lowest BCUT2D eigenvalue weighted by Gasteiger charge is -2.32. The molecule has 0 heterocycles. The van der Waals surface area contributed by atoms with E-state index in [1.54, 1.807) is 32.9 Å². The number of carbonyl (C=O) groups excluding carboxylic acids is 2. The number of aryl methyl sites for hydroxylation is 2. The van der Waals surface area contributed by atoms with Crippen LogP contribution in [0.2, 0.25) is 0 Å². The molecular formula is C30H36N4O7S. The highest BCUT2D eigenvalue weighted by atomic mass is 32.2. The van der Waals surface area contributed by atoms with E-state index in [9.17, 15) is 28.1 Å². The lowest BCUT2D eigenvalue weighted by atomic mass is 10.1. The van der Waals surface area contributed by atoms with E-state index >= 15 is 0 Å². The molecule has 1 atom stereocenters.